The fraction of sp³-hybridized carbons (Fsp3) is 0.545. The largest absolute Gasteiger partial charge is 0.378 e. The van der Waals surface area contributed by atoms with Gasteiger partial charge in [-0.1, -0.05) is 20.8 Å². The Bertz CT molecular complexity index is 421. The third-order valence-corrected chi connectivity index (χ3v) is 3.38. The molecule has 0 fully saturated rings. The maximum Gasteiger partial charge on any atom is 0.311 e. The van der Waals surface area contributed by atoms with Crippen molar-refractivity contribution in [1.29, 1.82) is 0 Å². The molecule has 1 rings (SSSR count). The van der Waals surface area contributed by atoms with E-state index in [2.05, 4.69) is 47.0 Å². The van der Waals surface area contributed by atoms with E-state index in [1.165, 1.54) is 6.20 Å². The van der Waals surface area contributed by atoms with Crippen LogP contribution in [0.5, 0.6) is 0 Å². The van der Waals surface area contributed by atoms with Crippen LogP contribution in [0.1, 0.15) is 27.2 Å². The van der Waals surface area contributed by atoms with Crippen molar-refractivity contribution >= 4 is 27.3 Å². The predicted octanol–water partition coefficient (Wildman–Crippen LogP) is 3.60. The summed E-state index contributed by atoms with van der Waals surface area (Å²) in [5, 5.41) is 14.0. The molecule has 5 nitrogen and oxygen atoms in total. The van der Waals surface area contributed by atoms with Gasteiger partial charge in [-0.2, -0.15) is 0 Å². The SMILES string of the molecule is CCC(C)(C)CNc1c(Br)cncc1[N+](=O)[O-]. The summed E-state index contributed by atoms with van der Waals surface area (Å²) in [6, 6.07) is 0. The van der Waals surface area contributed by atoms with Gasteiger partial charge in [0.1, 0.15) is 11.9 Å². The molecular weight excluding hydrogens is 286 g/mol. The topological polar surface area (TPSA) is 68.1 Å². The molecule has 0 unspecified atom stereocenters. The highest BCUT2D eigenvalue weighted by Gasteiger charge is 2.20. The first-order valence-electron chi connectivity index (χ1n) is 5.39. The summed E-state index contributed by atoms with van der Waals surface area (Å²) in [6.45, 7) is 6.99. The zero-order valence-electron chi connectivity index (χ0n) is 10.2. The molecule has 0 saturated carbocycles. The van der Waals surface area contributed by atoms with E-state index in [0.717, 1.165) is 6.42 Å². The highest BCUT2D eigenvalue weighted by molar-refractivity contribution is 9.10. The molecular formula is C11H16BrN3O2. The van der Waals surface area contributed by atoms with Crippen molar-refractivity contribution in [2.75, 3.05) is 11.9 Å². The lowest BCUT2D eigenvalue weighted by atomic mass is 9.90. The van der Waals surface area contributed by atoms with Crippen molar-refractivity contribution in [2.24, 2.45) is 5.41 Å². The Morgan fingerprint density at radius 2 is 2.18 bits per heavy atom. The van der Waals surface area contributed by atoms with Crippen LogP contribution >= 0.6 is 15.9 Å². The van der Waals surface area contributed by atoms with E-state index in [-0.39, 0.29) is 11.1 Å². The molecule has 1 heterocycles. The molecule has 0 atom stereocenters. The Labute approximate surface area is 109 Å². The van der Waals surface area contributed by atoms with Crippen molar-refractivity contribution in [1.82, 2.24) is 4.98 Å². The van der Waals surface area contributed by atoms with Gasteiger partial charge in [-0.05, 0) is 27.8 Å². The molecule has 1 aromatic rings. The molecule has 0 radical (unpaired) electrons. The number of pyridine rings is 1. The number of halogens is 1. The number of rotatable bonds is 5. The minimum atomic E-state index is -0.432. The minimum Gasteiger partial charge on any atom is -0.378 e. The van der Waals surface area contributed by atoms with Crippen molar-refractivity contribution in [2.45, 2.75) is 27.2 Å². The summed E-state index contributed by atoms with van der Waals surface area (Å²) in [6.07, 6.45) is 3.80. The fourth-order valence-electron chi connectivity index (χ4n) is 1.19. The number of anilines is 1. The molecule has 0 amide bonds. The molecule has 94 valence electrons. The molecule has 1 aromatic heterocycles. The number of aromatic nitrogens is 1. The Morgan fingerprint density at radius 3 is 2.71 bits per heavy atom. The highest BCUT2D eigenvalue weighted by Crippen LogP contribution is 2.32. The highest BCUT2D eigenvalue weighted by atomic mass is 79.9. The Hall–Kier alpha value is -1.17. The lowest BCUT2D eigenvalue weighted by Gasteiger charge is -2.23. The Kier molecular flexibility index (Phi) is 4.45. The summed E-state index contributed by atoms with van der Waals surface area (Å²) in [4.78, 5) is 14.2. The van der Waals surface area contributed by atoms with Gasteiger partial charge in [0.05, 0.1) is 9.40 Å². The van der Waals surface area contributed by atoms with Crippen molar-refractivity contribution < 1.29 is 4.92 Å². The summed E-state index contributed by atoms with van der Waals surface area (Å²) in [5.74, 6) is 0. The van der Waals surface area contributed by atoms with Crippen LogP contribution in [-0.2, 0) is 0 Å². The number of nitro groups is 1. The summed E-state index contributed by atoms with van der Waals surface area (Å²) < 4.78 is 0.610. The molecule has 0 aliphatic rings. The molecule has 1 N–H and O–H groups in total. The van der Waals surface area contributed by atoms with Crippen molar-refractivity contribution in [3.63, 3.8) is 0 Å². The van der Waals surface area contributed by atoms with E-state index in [0.29, 0.717) is 16.7 Å². The Balaban J connectivity index is 2.94. The van der Waals surface area contributed by atoms with Gasteiger partial charge < -0.3 is 5.32 Å². The van der Waals surface area contributed by atoms with E-state index in [4.69, 9.17) is 0 Å². The van der Waals surface area contributed by atoms with Gasteiger partial charge in [0.25, 0.3) is 0 Å². The van der Waals surface area contributed by atoms with Crippen LogP contribution in [0, 0.1) is 15.5 Å². The Morgan fingerprint density at radius 1 is 1.53 bits per heavy atom. The smallest absolute Gasteiger partial charge is 0.311 e. The van der Waals surface area contributed by atoms with Crippen LogP contribution in [-0.4, -0.2) is 16.5 Å². The molecule has 17 heavy (non-hydrogen) atoms. The lowest BCUT2D eigenvalue weighted by molar-refractivity contribution is -0.384. The second-order valence-corrected chi connectivity index (χ2v) is 5.50. The van der Waals surface area contributed by atoms with E-state index in [1.807, 2.05) is 0 Å². The molecule has 0 aliphatic heterocycles. The van der Waals surface area contributed by atoms with Gasteiger partial charge in [-0.15, -0.1) is 0 Å². The number of nitrogens with zero attached hydrogens (tertiary/aromatic N) is 2. The molecule has 0 saturated heterocycles. The van der Waals surface area contributed by atoms with Crippen molar-refractivity contribution in [3.05, 3.63) is 27.0 Å². The van der Waals surface area contributed by atoms with Crippen LogP contribution in [0.2, 0.25) is 0 Å². The van der Waals surface area contributed by atoms with E-state index >= 15 is 0 Å². The lowest BCUT2D eigenvalue weighted by Crippen LogP contribution is -2.22. The predicted molar refractivity (Wildman–Crippen MR) is 71.2 cm³/mol. The van der Waals surface area contributed by atoms with Gasteiger partial charge in [-0.25, -0.2) is 0 Å². The second kappa shape index (κ2) is 5.44. The van der Waals surface area contributed by atoms with Crippen LogP contribution in [0.3, 0.4) is 0 Å². The van der Waals surface area contributed by atoms with Crippen LogP contribution in [0.25, 0.3) is 0 Å². The summed E-state index contributed by atoms with van der Waals surface area (Å²) in [5.41, 5.74) is 0.578. The van der Waals surface area contributed by atoms with E-state index in [9.17, 15) is 10.1 Å². The number of hydrogen-bond acceptors (Lipinski definition) is 4. The molecule has 0 spiro atoms. The molecule has 0 aliphatic carbocycles. The van der Waals surface area contributed by atoms with Gasteiger partial charge >= 0.3 is 5.69 Å². The minimum absolute atomic E-state index is 0.00808. The quantitative estimate of drug-likeness (QED) is 0.666. The normalized spacial score (nSPS) is 11.3. The second-order valence-electron chi connectivity index (χ2n) is 4.64. The zero-order valence-corrected chi connectivity index (χ0v) is 11.7. The maximum absolute atomic E-state index is 10.9. The van der Waals surface area contributed by atoms with Gasteiger partial charge in [0, 0.05) is 12.7 Å². The summed E-state index contributed by atoms with van der Waals surface area (Å²) in [7, 11) is 0. The zero-order chi connectivity index (χ0) is 13.1. The standard InChI is InChI=1S/C11H16BrN3O2/c1-4-11(2,3)7-14-10-8(12)5-13-6-9(10)15(16)17/h5-6H,4,7H2,1-3H3,(H,13,14). The first kappa shape index (κ1) is 13.9. The van der Waals surface area contributed by atoms with Crippen LogP contribution in [0.15, 0.2) is 16.9 Å². The van der Waals surface area contributed by atoms with Gasteiger partial charge in [-0.3, -0.25) is 15.1 Å². The van der Waals surface area contributed by atoms with Crippen molar-refractivity contribution in [3.8, 4) is 0 Å². The average molecular weight is 302 g/mol. The first-order chi connectivity index (χ1) is 7.87. The van der Waals surface area contributed by atoms with E-state index < -0.39 is 4.92 Å². The molecule has 6 heteroatoms. The molecule has 0 aromatic carbocycles. The van der Waals surface area contributed by atoms with Gasteiger partial charge in [0.2, 0.25) is 0 Å². The fourth-order valence-corrected chi connectivity index (χ4v) is 1.65. The van der Waals surface area contributed by atoms with Crippen LogP contribution in [0.4, 0.5) is 11.4 Å². The average Bonchev–Trinajstić information content (AvgIpc) is 2.27. The third kappa shape index (κ3) is 3.66. The summed E-state index contributed by atoms with van der Waals surface area (Å²) >= 11 is 3.28. The molecule has 0 bridgehead atoms. The number of nitrogens with one attached hydrogen (secondary N) is 1. The number of hydrogen-bond donors (Lipinski definition) is 1. The first-order valence-corrected chi connectivity index (χ1v) is 6.18. The maximum atomic E-state index is 10.9. The van der Waals surface area contributed by atoms with Crippen LogP contribution < -0.4 is 5.32 Å². The monoisotopic (exact) mass is 301 g/mol. The van der Waals surface area contributed by atoms with Gasteiger partial charge in [0.15, 0.2) is 0 Å². The third-order valence-electron chi connectivity index (χ3n) is 2.78. The van der Waals surface area contributed by atoms with E-state index in [1.54, 1.807) is 6.20 Å².